The topological polar surface area (TPSA) is 55.4 Å². The zero-order valence-electron chi connectivity index (χ0n) is 11.9. The van der Waals surface area contributed by atoms with Crippen LogP contribution >= 0.6 is 0 Å². The second-order valence-corrected chi connectivity index (χ2v) is 5.13. The predicted molar refractivity (Wildman–Crippen MR) is 79.9 cm³/mol. The maximum Gasteiger partial charge on any atom is 0.228 e. The Morgan fingerprint density at radius 3 is 2.76 bits per heavy atom. The van der Waals surface area contributed by atoms with Crippen molar-refractivity contribution in [2.45, 2.75) is 13.3 Å². The van der Waals surface area contributed by atoms with Crippen LogP contribution in [0.2, 0.25) is 0 Å². The molecule has 1 aliphatic heterocycles. The van der Waals surface area contributed by atoms with Crippen LogP contribution in [0, 0.1) is 6.92 Å². The minimum Gasteiger partial charge on any atom is -0.496 e. The highest BCUT2D eigenvalue weighted by Gasteiger charge is 2.21. The van der Waals surface area contributed by atoms with Gasteiger partial charge in [-0.15, -0.1) is 0 Å². The van der Waals surface area contributed by atoms with Crippen molar-refractivity contribution in [1.29, 1.82) is 0 Å². The molecule has 3 rings (SSSR count). The Morgan fingerprint density at radius 2 is 2.00 bits per heavy atom. The maximum atomic E-state index is 12.7. The lowest BCUT2D eigenvalue weighted by Gasteiger charge is -2.09. The molecule has 0 aliphatic carbocycles. The third-order valence-corrected chi connectivity index (χ3v) is 3.59. The van der Waals surface area contributed by atoms with E-state index in [0.717, 1.165) is 16.8 Å². The van der Waals surface area contributed by atoms with Gasteiger partial charge in [0, 0.05) is 11.3 Å². The predicted octanol–water partition coefficient (Wildman–Crippen LogP) is 2.73. The molecule has 0 aromatic heterocycles. The SMILES string of the molecule is COc1ccc(C)cc1C(=O)c1ccc2c(c1)CC(=O)N2. The van der Waals surface area contributed by atoms with Gasteiger partial charge in [0.25, 0.3) is 0 Å². The Hall–Kier alpha value is -2.62. The molecule has 2 aromatic rings. The maximum absolute atomic E-state index is 12.7. The summed E-state index contributed by atoms with van der Waals surface area (Å²) in [7, 11) is 1.55. The van der Waals surface area contributed by atoms with Crippen molar-refractivity contribution in [3.8, 4) is 5.75 Å². The Kier molecular flexibility index (Phi) is 3.22. The molecule has 0 fully saturated rings. The zero-order valence-corrected chi connectivity index (χ0v) is 11.9. The van der Waals surface area contributed by atoms with E-state index >= 15 is 0 Å². The summed E-state index contributed by atoms with van der Waals surface area (Å²) < 4.78 is 5.27. The highest BCUT2D eigenvalue weighted by molar-refractivity contribution is 6.12. The lowest BCUT2D eigenvalue weighted by Crippen LogP contribution is -2.05. The molecule has 106 valence electrons. The summed E-state index contributed by atoms with van der Waals surface area (Å²) in [5.41, 5.74) is 3.74. The molecule has 0 atom stereocenters. The van der Waals surface area contributed by atoms with Crippen LogP contribution in [0.5, 0.6) is 5.75 Å². The van der Waals surface area contributed by atoms with Crippen LogP contribution in [0.25, 0.3) is 0 Å². The Morgan fingerprint density at radius 1 is 1.19 bits per heavy atom. The molecule has 0 unspecified atom stereocenters. The largest absolute Gasteiger partial charge is 0.496 e. The highest BCUT2D eigenvalue weighted by Crippen LogP contribution is 2.27. The van der Waals surface area contributed by atoms with Gasteiger partial charge in [-0.1, -0.05) is 11.6 Å². The van der Waals surface area contributed by atoms with Crippen LogP contribution in [0.4, 0.5) is 5.69 Å². The normalized spacial score (nSPS) is 12.8. The molecule has 0 spiro atoms. The van der Waals surface area contributed by atoms with Crippen LogP contribution in [0.1, 0.15) is 27.0 Å². The number of carbonyl (C=O) groups is 2. The molecule has 0 radical (unpaired) electrons. The van der Waals surface area contributed by atoms with Crippen LogP contribution in [0.3, 0.4) is 0 Å². The monoisotopic (exact) mass is 281 g/mol. The highest BCUT2D eigenvalue weighted by atomic mass is 16.5. The van der Waals surface area contributed by atoms with E-state index in [1.54, 1.807) is 31.4 Å². The molecule has 0 saturated carbocycles. The summed E-state index contributed by atoms with van der Waals surface area (Å²) in [5, 5.41) is 2.76. The number of nitrogens with one attached hydrogen (secondary N) is 1. The van der Waals surface area contributed by atoms with Crippen LogP contribution in [0.15, 0.2) is 36.4 Å². The first-order valence-electron chi connectivity index (χ1n) is 6.70. The molecule has 2 aromatic carbocycles. The number of benzene rings is 2. The number of aryl methyl sites for hydroxylation is 1. The van der Waals surface area contributed by atoms with Gasteiger partial charge in [-0.2, -0.15) is 0 Å². The average molecular weight is 281 g/mol. The molecular weight excluding hydrogens is 266 g/mol. The second-order valence-electron chi connectivity index (χ2n) is 5.13. The Bertz CT molecular complexity index is 750. The van der Waals surface area contributed by atoms with E-state index in [-0.39, 0.29) is 11.7 Å². The number of anilines is 1. The summed E-state index contributed by atoms with van der Waals surface area (Å²) in [6.45, 7) is 1.93. The van der Waals surface area contributed by atoms with Crippen molar-refractivity contribution in [1.82, 2.24) is 0 Å². The quantitative estimate of drug-likeness (QED) is 0.880. The Labute approximate surface area is 122 Å². The van der Waals surface area contributed by atoms with E-state index in [9.17, 15) is 9.59 Å². The van der Waals surface area contributed by atoms with Crippen molar-refractivity contribution in [2.75, 3.05) is 12.4 Å². The van der Waals surface area contributed by atoms with E-state index in [2.05, 4.69) is 5.32 Å². The molecule has 4 heteroatoms. The second kappa shape index (κ2) is 5.05. The van der Waals surface area contributed by atoms with Gasteiger partial charge in [0.15, 0.2) is 5.78 Å². The summed E-state index contributed by atoms with van der Waals surface area (Å²) in [4.78, 5) is 24.1. The number of hydrogen-bond donors (Lipinski definition) is 1. The number of ketones is 1. The van der Waals surface area contributed by atoms with Gasteiger partial charge in [0.05, 0.1) is 19.1 Å². The molecule has 1 amide bonds. The van der Waals surface area contributed by atoms with Crippen LogP contribution in [-0.2, 0) is 11.2 Å². The van der Waals surface area contributed by atoms with E-state index in [1.807, 2.05) is 19.1 Å². The molecular formula is C17H15NO3. The molecule has 0 bridgehead atoms. The number of rotatable bonds is 3. The van der Waals surface area contributed by atoms with Gasteiger partial charge < -0.3 is 10.1 Å². The van der Waals surface area contributed by atoms with Crippen molar-refractivity contribution < 1.29 is 14.3 Å². The number of methoxy groups -OCH3 is 1. The first-order chi connectivity index (χ1) is 10.1. The molecule has 4 nitrogen and oxygen atoms in total. The van der Waals surface area contributed by atoms with Gasteiger partial charge in [-0.3, -0.25) is 9.59 Å². The summed E-state index contributed by atoms with van der Waals surface area (Å²) >= 11 is 0. The van der Waals surface area contributed by atoms with Crippen molar-refractivity contribution in [2.24, 2.45) is 0 Å². The zero-order chi connectivity index (χ0) is 15.0. The first-order valence-corrected chi connectivity index (χ1v) is 6.70. The van der Waals surface area contributed by atoms with E-state index in [1.165, 1.54) is 0 Å². The fraction of sp³-hybridized carbons (Fsp3) is 0.176. The van der Waals surface area contributed by atoms with Crippen molar-refractivity contribution in [3.05, 3.63) is 58.7 Å². The summed E-state index contributed by atoms with van der Waals surface area (Å²) in [6.07, 6.45) is 0.321. The average Bonchev–Trinajstić information content (AvgIpc) is 2.85. The lowest BCUT2D eigenvalue weighted by molar-refractivity contribution is -0.115. The van der Waals surface area contributed by atoms with Gasteiger partial charge in [-0.05, 0) is 42.8 Å². The molecule has 0 saturated heterocycles. The molecule has 1 heterocycles. The van der Waals surface area contributed by atoms with Crippen LogP contribution in [-0.4, -0.2) is 18.8 Å². The van der Waals surface area contributed by atoms with Crippen molar-refractivity contribution >= 4 is 17.4 Å². The number of carbonyl (C=O) groups excluding carboxylic acids is 2. The smallest absolute Gasteiger partial charge is 0.228 e. The summed E-state index contributed by atoms with van der Waals surface area (Å²) in [6, 6.07) is 10.8. The van der Waals surface area contributed by atoms with Gasteiger partial charge in [0.1, 0.15) is 5.75 Å². The van der Waals surface area contributed by atoms with Crippen LogP contribution < -0.4 is 10.1 Å². The third-order valence-electron chi connectivity index (χ3n) is 3.59. The summed E-state index contributed by atoms with van der Waals surface area (Å²) in [5.74, 6) is 0.417. The van der Waals surface area contributed by atoms with E-state index < -0.39 is 0 Å². The third kappa shape index (κ3) is 2.40. The van der Waals surface area contributed by atoms with E-state index in [4.69, 9.17) is 4.74 Å². The lowest BCUT2D eigenvalue weighted by atomic mass is 9.98. The first kappa shape index (κ1) is 13.4. The molecule has 1 N–H and O–H groups in total. The molecule has 1 aliphatic rings. The number of hydrogen-bond acceptors (Lipinski definition) is 3. The standard InChI is InChI=1S/C17H15NO3/c1-10-3-6-15(21-2)13(7-10)17(20)11-4-5-14-12(8-11)9-16(19)18-14/h3-8H,9H2,1-2H3,(H,18,19). The Balaban J connectivity index is 2.02. The van der Waals surface area contributed by atoms with Gasteiger partial charge >= 0.3 is 0 Å². The minimum absolute atomic E-state index is 0.0391. The van der Waals surface area contributed by atoms with Gasteiger partial charge in [0.2, 0.25) is 5.91 Å². The fourth-order valence-corrected chi connectivity index (χ4v) is 2.53. The van der Waals surface area contributed by atoms with E-state index in [0.29, 0.717) is 23.3 Å². The number of ether oxygens (including phenoxy) is 1. The molecule has 21 heavy (non-hydrogen) atoms. The number of amides is 1. The number of fused-ring (bicyclic) bond motifs is 1. The minimum atomic E-state index is -0.0994. The van der Waals surface area contributed by atoms with Gasteiger partial charge in [-0.25, -0.2) is 0 Å². The van der Waals surface area contributed by atoms with Crippen molar-refractivity contribution in [3.63, 3.8) is 0 Å². The fourth-order valence-electron chi connectivity index (χ4n) is 2.53.